The van der Waals surface area contributed by atoms with Crippen molar-refractivity contribution in [3.8, 4) is 0 Å². The van der Waals surface area contributed by atoms with E-state index in [-0.39, 0.29) is 24.4 Å². The minimum Gasteiger partial charge on any atom is -0.336 e. The summed E-state index contributed by atoms with van der Waals surface area (Å²) in [7, 11) is 0. The fourth-order valence-electron chi connectivity index (χ4n) is 3.72. The molecule has 1 aliphatic heterocycles. The van der Waals surface area contributed by atoms with Gasteiger partial charge in [0.2, 0.25) is 5.91 Å². The van der Waals surface area contributed by atoms with Gasteiger partial charge in [-0.3, -0.25) is 4.79 Å². The number of hydrogen-bond acceptors (Lipinski definition) is 2. The van der Waals surface area contributed by atoms with Crippen molar-refractivity contribution in [2.75, 3.05) is 13.1 Å². The first kappa shape index (κ1) is 18.6. The Morgan fingerprint density at radius 3 is 2.70 bits per heavy atom. The zero-order chi connectivity index (χ0) is 15.7. The van der Waals surface area contributed by atoms with Crippen LogP contribution in [0.2, 0.25) is 5.02 Å². The van der Waals surface area contributed by atoms with Crippen molar-refractivity contribution in [2.45, 2.75) is 45.7 Å². The van der Waals surface area contributed by atoms with Gasteiger partial charge in [0.05, 0.1) is 0 Å². The van der Waals surface area contributed by atoms with Gasteiger partial charge in [-0.25, -0.2) is 0 Å². The minimum atomic E-state index is 0. The Labute approximate surface area is 150 Å². The Hall–Kier alpha value is -0.770. The quantitative estimate of drug-likeness (QED) is 0.887. The summed E-state index contributed by atoms with van der Waals surface area (Å²) in [6, 6.07) is 8.04. The maximum absolute atomic E-state index is 13.0. The summed E-state index contributed by atoms with van der Waals surface area (Å²) in [5.41, 5.74) is 1.40. The molecule has 0 bridgehead atoms. The van der Waals surface area contributed by atoms with E-state index in [1.54, 1.807) is 0 Å². The molecule has 0 radical (unpaired) electrons. The predicted octanol–water partition coefficient (Wildman–Crippen LogP) is 3.89. The third-order valence-corrected chi connectivity index (χ3v) is 5.47. The fraction of sp³-hybridized carbons (Fsp3) is 0.611. The maximum atomic E-state index is 13.0. The van der Waals surface area contributed by atoms with Gasteiger partial charge in [0.1, 0.15) is 0 Å². The number of amides is 1. The Bertz CT molecular complexity index is 556. The van der Waals surface area contributed by atoms with Crippen LogP contribution >= 0.6 is 24.0 Å². The van der Waals surface area contributed by atoms with Crippen LogP contribution in [0.5, 0.6) is 0 Å². The van der Waals surface area contributed by atoms with Crippen LogP contribution in [0.1, 0.15) is 38.7 Å². The van der Waals surface area contributed by atoms with Crippen molar-refractivity contribution in [1.29, 1.82) is 0 Å². The van der Waals surface area contributed by atoms with Gasteiger partial charge in [0, 0.05) is 23.5 Å². The molecule has 1 aromatic carbocycles. The standard InChI is InChI=1S/C18H25ClN2O.ClH/c1-13(2)21(12-14-4-3-5-15(19)10-14)17(22)16-11-18(16)6-8-20-9-7-18;/h3-5,10,13,16,20H,6-9,11-12H2,1-2H3;1H. The number of carbonyl (C=O) groups excluding carboxylic acids is 1. The van der Waals surface area contributed by atoms with Crippen LogP contribution in [0.25, 0.3) is 0 Å². The molecule has 2 aliphatic rings. The molecule has 0 aromatic heterocycles. The zero-order valence-electron chi connectivity index (χ0n) is 13.8. The lowest BCUT2D eigenvalue weighted by atomic mass is 9.91. The molecule has 1 heterocycles. The van der Waals surface area contributed by atoms with Crippen LogP contribution in [0.15, 0.2) is 24.3 Å². The second-order valence-corrected chi connectivity index (χ2v) is 7.50. The number of benzene rings is 1. The summed E-state index contributed by atoms with van der Waals surface area (Å²) in [4.78, 5) is 15.0. The summed E-state index contributed by atoms with van der Waals surface area (Å²) < 4.78 is 0. The van der Waals surface area contributed by atoms with Crippen molar-refractivity contribution >= 4 is 29.9 Å². The first-order valence-corrected chi connectivity index (χ1v) is 8.65. The monoisotopic (exact) mass is 356 g/mol. The number of piperidine rings is 1. The second-order valence-electron chi connectivity index (χ2n) is 7.06. The summed E-state index contributed by atoms with van der Waals surface area (Å²) in [6.45, 7) is 6.96. The highest BCUT2D eigenvalue weighted by molar-refractivity contribution is 6.30. The molecule has 1 aliphatic carbocycles. The molecule has 1 atom stereocenters. The summed E-state index contributed by atoms with van der Waals surface area (Å²) in [5.74, 6) is 0.563. The molecule has 1 saturated heterocycles. The summed E-state index contributed by atoms with van der Waals surface area (Å²) in [5, 5.41) is 4.13. The molecule has 1 N–H and O–H groups in total. The molecule has 1 spiro atoms. The molecule has 23 heavy (non-hydrogen) atoms. The van der Waals surface area contributed by atoms with E-state index in [1.165, 1.54) is 0 Å². The number of hydrogen-bond donors (Lipinski definition) is 1. The highest BCUT2D eigenvalue weighted by Gasteiger charge is 2.58. The van der Waals surface area contributed by atoms with E-state index in [9.17, 15) is 4.79 Å². The lowest BCUT2D eigenvalue weighted by molar-refractivity contribution is -0.136. The van der Waals surface area contributed by atoms with E-state index < -0.39 is 0 Å². The van der Waals surface area contributed by atoms with Crippen LogP contribution in [-0.4, -0.2) is 29.9 Å². The normalized spacial score (nSPS) is 21.8. The average Bonchev–Trinajstić information content (AvgIpc) is 3.18. The lowest BCUT2D eigenvalue weighted by Gasteiger charge is -2.30. The van der Waals surface area contributed by atoms with Crippen molar-refractivity contribution in [1.82, 2.24) is 10.2 Å². The van der Waals surface area contributed by atoms with E-state index in [0.29, 0.717) is 17.9 Å². The molecule has 1 amide bonds. The molecule has 3 nitrogen and oxygen atoms in total. The van der Waals surface area contributed by atoms with Crippen LogP contribution in [0.3, 0.4) is 0 Å². The van der Waals surface area contributed by atoms with E-state index >= 15 is 0 Å². The third-order valence-electron chi connectivity index (χ3n) is 5.24. The molecule has 1 saturated carbocycles. The van der Waals surface area contributed by atoms with Crippen molar-refractivity contribution in [2.24, 2.45) is 11.3 Å². The Balaban J connectivity index is 0.00000192. The topological polar surface area (TPSA) is 32.3 Å². The van der Waals surface area contributed by atoms with Crippen LogP contribution in [0.4, 0.5) is 0 Å². The highest BCUT2D eigenvalue weighted by Crippen LogP contribution is 2.59. The molecule has 5 heteroatoms. The van der Waals surface area contributed by atoms with Crippen LogP contribution < -0.4 is 5.32 Å². The van der Waals surface area contributed by atoms with Crippen molar-refractivity contribution < 1.29 is 4.79 Å². The van der Waals surface area contributed by atoms with Gasteiger partial charge in [-0.2, -0.15) is 0 Å². The summed E-state index contributed by atoms with van der Waals surface area (Å²) in [6.07, 6.45) is 3.37. The van der Waals surface area contributed by atoms with Gasteiger partial charge < -0.3 is 10.2 Å². The Morgan fingerprint density at radius 2 is 2.09 bits per heavy atom. The van der Waals surface area contributed by atoms with Crippen molar-refractivity contribution in [3.63, 3.8) is 0 Å². The Kier molecular flexibility index (Phi) is 5.99. The van der Waals surface area contributed by atoms with E-state index in [0.717, 1.165) is 42.9 Å². The molecular weight excluding hydrogens is 331 g/mol. The predicted molar refractivity (Wildman–Crippen MR) is 97.0 cm³/mol. The maximum Gasteiger partial charge on any atom is 0.226 e. The number of nitrogens with one attached hydrogen (secondary N) is 1. The average molecular weight is 357 g/mol. The van der Waals surface area contributed by atoms with Crippen molar-refractivity contribution in [3.05, 3.63) is 34.9 Å². The second kappa shape index (κ2) is 7.42. The number of halogens is 2. The number of nitrogens with zero attached hydrogens (tertiary/aromatic N) is 1. The number of rotatable bonds is 4. The van der Waals surface area contributed by atoms with Gasteiger partial charge in [0.25, 0.3) is 0 Å². The van der Waals surface area contributed by atoms with Gasteiger partial charge in [0.15, 0.2) is 0 Å². The fourth-order valence-corrected chi connectivity index (χ4v) is 3.93. The van der Waals surface area contributed by atoms with Crippen LogP contribution in [0, 0.1) is 11.3 Å². The molecular formula is C18H26Cl2N2O. The smallest absolute Gasteiger partial charge is 0.226 e. The molecule has 1 aromatic rings. The highest BCUT2D eigenvalue weighted by atomic mass is 35.5. The van der Waals surface area contributed by atoms with E-state index in [2.05, 4.69) is 19.2 Å². The minimum absolute atomic E-state index is 0. The first-order chi connectivity index (χ1) is 10.5. The summed E-state index contributed by atoms with van der Waals surface area (Å²) >= 11 is 6.07. The third kappa shape index (κ3) is 4.01. The molecule has 1 unspecified atom stereocenters. The zero-order valence-corrected chi connectivity index (χ0v) is 15.4. The van der Waals surface area contributed by atoms with E-state index in [1.807, 2.05) is 29.2 Å². The first-order valence-electron chi connectivity index (χ1n) is 8.27. The Morgan fingerprint density at radius 1 is 1.39 bits per heavy atom. The SMILES string of the molecule is CC(C)N(Cc1cccc(Cl)c1)C(=O)C1CC12CCNCC2.Cl. The van der Waals surface area contributed by atoms with Gasteiger partial charge in [-0.05, 0) is 69.3 Å². The van der Waals surface area contributed by atoms with Crippen LogP contribution in [-0.2, 0) is 11.3 Å². The lowest BCUT2D eigenvalue weighted by Crippen LogP contribution is -2.40. The molecule has 128 valence electrons. The van der Waals surface area contributed by atoms with Gasteiger partial charge in [-0.15, -0.1) is 12.4 Å². The van der Waals surface area contributed by atoms with Gasteiger partial charge in [-0.1, -0.05) is 23.7 Å². The molecule has 2 fully saturated rings. The van der Waals surface area contributed by atoms with Gasteiger partial charge >= 0.3 is 0 Å². The number of carbonyl (C=O) groups is 1. The molecule has 3 rings (SSSR count). The largest absolute Gasteiger partial charge is 0.336 e. The van der Waals surface area contributed by atoms with E-state index in [4.69, 9.17) is 11.6 Å².